The summed E-state index contributed by atoms with van der Waals surface area (Å²) in [4.78, 5) is 16.4. The first kappa shape index (κ1) is 23.5. The predicted octanol–water partition coefficient (Wildman–Crippen LogP) is 5.83. The molecule has 1 amide bonds. The normalized spacial score (nSPS) is 13.3. The molecule has 4 aromatic rings. The lowest BCUT2D eigenvalue weighted by Crippen LogP contribution is -2.45. The van der Waals surface area contributed by atoms with Crippen molar-refractivity contribution in [1.29, 1.82) is 0 Å². The van der Waals surface area contributed by atoms with Crippen molar-refractivity contribution in [2.75, 3.05) is 17.7 Å². The summed E-state index contributed by atoms with van der Waals surface area (Å²) < 4.78 is 47.1. The van der Waals surface area contributed by atoms with Crippen LogP contribution in [0.5, 0.6) is 5.75 Å². The lowest BCUT2D eigenvalue weighted by Gasteiger charge is -2.27. The summed E-state index contributed by atoms with van der Waals surface area (Å²) in [5.41, 5.74) is -1.27. The van der Waals surface area contributed by atoms with Gasteiger partial charge in [-0.05, 0) is 60.7 Å². The van der Waals surface area contributed by atoms with E-state index >= 15 is 0 Å². The molecule has 10 heteroatoms. The molecule has 0 aliphatic carbocycles. The van der Waals surface area contributed by atoms with Crippen LogP contribution in [0.2, 0.25) is 0 Å². The number of nitrogens with zero attached hydrogens (tertiary/aromatic N) is 1. The summed E-state index contributed by atoms with van der Waals surface area (Å²) in [6.07, 6.45) is -6.31. The number of benzene rings is 3. The van der Waals surface area contributed by atoms with E-state index in [1.807, 2.05) is 12.1 Å². The Balaban J connectivity index is 1.46. The van der Waals surface area contributed by atoms with Crippen LogP contribution < -0.4 is 15.4 Å². The van der Waals surface area contributed by atoms with Gasteiger partial charge in [0.05, 0.1) is 23.7 Å². The molecule has 0 aliphatic heterocycles. The Morgan fingerprint density at radius 2 is 1.56 bits per heavy atom. The molecule has 0 aliphatic rings. The van der Waals surface area contributed by atoms with Gasteiger partial charge in [-0.15, -0.1) is 11.3 Å². The molecule has 0 fully saturated rings. The van der Waals surface area contributed by atoms with Crippen molar-refractivity contribution in [1.82, 2.24) is 4.98 Å². The number of hydrogen-bond donors (Lipinski definition) is 3. The highest BCUT2D eigenvalue weighted by molar-refractivity contribution is 7.18. The number of methoxy groups -OCH3 is 1. The quantitative estimate of drug-likeness (QED) is 0.306. The number of fused-ring (bicyclic) bond motifs is 1. The second kappa shape index (κ2) is 9.32. The van der Waals surface area contributed by atoms with E-state index in [0.29, 0.717) is 38.7 Å². The van der Waals surface area contributed by atoms with Gasteiger partial charge < -0.3 is 20.5 Å². The Morgan fingerprint density at radius 3 is 2.15 bits per heavy atom. The van der Waals surface area contributed by atoms with Gasteiger partial charge in [0.15, 0.2) is 0 Å². The molecule has 3 N–H and O–H groups in total. The summed E-state index contributed by atoms with van der Waals surface area (Å²) in [5, 5.41) is 15.6. The van der Waals surface area contributed by atoms with Crippen LogP contribution in [0.4, 0.5) is 30.2 Å². The summed E-state index contributed by atoms with van der Waals surface area (Å²) in [6.45, 7) is 0. The molecule has 34 heavy (non-hydrogen) atoms. The van der Waals surface area contributed by atoms with E-state index < -0.39 is 29.1 Å². The number of anilines is 3. The van der Waals surface area contributed by atoms with Crippen LogP contribution in [-0.4, -0.2) is 29.3 Å². The summed E-state index contributed by atoms with van der Waals surface area (Å²) in [5.74, 6) is -0.275. The zero-order valence-corrected chi connectivity index (χ0v) is 18.7. The molecule has 1 atom stereocenters. The maximum atomic E-state index is 13.8. The number of thiazole rings is 1. The molecule has 6 nitrogen and oxygen atoms in total. The predicted molar refractivity (Wildman–Crippen MR) is 126 cm³/mol. The van der Waals surface area contributed by atoms with Gasteiger partial charge in [-0.2, -0.15) is 13.2 Å². The van der Waals surface area contributed by atoms with E-state index in [9.17, 15) is 23.1 Å². The topological polar surface area (TPSA) is 83.5 Å². The first-order chi connectivity index (χ1) is 16.2. The number of aromatic nitrogens is 1. The number of amides is 1. The Morgan fingerprint density at radius 1 is 0.971 bits per heavy atom. The molecule has 1 heterocycles. The van der Waals surface area contributed by atoms with Crippen molar-refractivity contribution in [3.05, 3.63) is 77.8 Å². The third-order valence-corrected chi connectivity index (χ3v) is 6.27. The van der Waals surface area contributed by atoms with Crippen molar-refractivity contribution in [3.8, 4) is 5.75 Å². The zero-order valence-electron chi connectivity index (χ0n) is 17.9. The Bertz CT molecular complexity index is 1260. The second-order valence-electron chi connectivity index (χ2n) is 7.50. The number of nitrogens with one attached hydrogen (secondary N) is 2. The smallest absolute Gasteiger partial charge is 0.424 e. The Hall–Kier alpha value is -3.63. The summed E-state index contributed by atoms with van der Waals surface area (Å²) in [7, 11) is 1.57. The van der Waals surface area contributed by atoms with E-state index in [1.165, 1.54) is 0 Å². The minimum Gasteiger partial charge on any atom is -0.497 e. The first-order valence-corrected chi connectivity index (χ1v) is 11.0. The maximum Gasteiger partial charge on any atom is 0.424 e. The molecule has 4 rings (SSSR count). The van der Waals surface area contributed by atoms with E-state index in [-0.39, 0.29) is 0 Å². The largest absolute Gasteiger partial charge is 0.497 e. The van der Waals surface area contributed by atoms with Gasteiger partial charge in [0, 0.05) is 17.1 Å². The average molecular weight is 488 g/mol. The third kappa shape index (κ3) is 4.97. The van der Waals surface area contributed by atoms with Crippen molar-refractivity contribution >= 4 is 44.5 Å². The zero-order chi connectivity index (χ0) is 24.3. The summed E-state index contributed by atoms with van der Waals surface area (Å²) in [6, 6.07) is 20.1. The number of carbonyl (C=O) groups excluding carboxylic acids is 1. The number of para-hydroxylation sites is 1. The van der Waals surface area contributed by atoms with Crippen molar-refractivity contribution in [2.45, 2.75) is 18.2 Å². The Labute approximate surface area is 197 Å². The SMILES string of the molecule is COc1ccc(Nc2ccc(NC(=O)C[C@@](O)(c3nc4ccccc4s3)C(F)(F)F)cc2)cc1. The van der Waals surface area contributed by atoms with Crippen LogP contribution in [0.3, 0.4) is 0 Å². The molecule has 0 radical (unpaired) electrons. The molecule has 176 valence electrons. The van der Waals surface area contributed by atoms with Gasteiger partial charge in [0.1, 0.15) is 10.8 Å². The van der Waals surface area contributed by atoms with Crippen molar-refractivity contribution in [2.24, 2.45) is 0 Å². The molecule has 0 saturated carbocycles. The molecule has 3 aromatic carbocycles. The highest BCUT2D eigenvalue weighted by Crippen LogP contribution is 2.44. The summed E-state index contributed by atoms with van der Waals surface area (Å²) >= 11 is 0.707. The van der Waals surface area contributed by atoms with E-state index in [0.717, 1.165) is 5.69 Å². The molecular weight excluding hydrogens is 467 g/mol. The highest BCUT2D eigenvalue weighted by Gasteiger charge is 2.58. The fourth-order valence-corrected chi connectivity index (χ4v) is 4.34. The van der Waals surface area contributed by atoms with Crippen LogP contribution in [0.15, 0.2) is 72.8 Å². The van der Waals surface area contributed by atoms with Crippen molar-refractivity contribution < 1.29 is 27.8 Å². The Kier molecular flexibility index (Phi) is 6.45. The number of alkyl halides is 3. The molecule has 0 spiro atoms. The number of ether oxygens (including phenoxy) is 1. The number of hydrogen-bond acceptors (Lipinski definition) is 6. The number of carbonyl (C=O) groups is 1. The van der Waals surface area contributed by atoms with Crippen molar-refractivity contribution in [3.63, 3.8) is 0 Å². The van der Waals surface area contributed by atoms with Crippen LogP contribution in [0.1, 0.15) is 11.4 Å². The average Bonchev–Trinajstić information content (AvgIpc) is 3.25. The van der Waals surface area contributed by atoms with Gasteiger partial charge in [-0.25, -0.2) is 4.98 Å². The molecule has 1 aromatic heterocycles. The van der Waals surface area contributed by atoms with Crippen LogP contribution >= 0.6 is 11.3 Å². The molecule has 0 unspecified atom stereocenters. The number of rotatable bonds is 7. The lowest BCUT2D eigenvalue weighted by atomic mass is 9.99. The molecular formula is C24H20F3N3O3S. The van der Waals surface area contributed by atoms with Gasteiger partial charge in [0.25, 0.3) is 0 Å². The van der Waals surface area contributed by atoms with Crippen LogP contribution in [-0.2, 0) is 10.4 Å². The maximum absolute atomic E-state index is 13.8. The number of halogens is 3. The first-order valence-electron chi connectivity index (χ1n) is 10.1. The lowest BCUT2D eigenvalue weighted by molar-refractivity contribution is -0.266. The minimum absolute atomic E-state index is 0.291. The third-order valence-electron chi connectivity index (χ3n) is 5.08. The second-order valence-corrected chi connectivity index (χ2v) is 8.53. The van der Waals surface area contributed by atoms with Crippen LogP contribution in [0.25, 0.3) is 10.2 Å². The molecule has 0 saturated heterocycles. The van der Waals surface area contributed by atoms with Gasteiger partial charge >= 0.3 is 6.18 Å². The van der Waals surface area contributed by atoms with E-state index in [2.05, 4.69) is 15.6 Å². The van der Waals surface area contributed by atoms with E-state index in [1.54, 1.807) is 67.8 Å². The van der Waals surface area contributed by atoms with E-state index in [4.69, 9.17) is 4.74 Å². The fraction of sp³-hybridized carbons (Fsp3) is 0.167. The van der Waals surface area contributed by atoms with Gasteiger partial charge in [-0.3, -0.25) is 4.79 Å². The fourth-order valence-electron chi connectivity index (χ4n) is 3.26. The molecule has 0 bridgehead atoms. The van der Waals surface area contributed by atoms with Crippen LogP contribution in [0, 0.1) is 0 Å². The highest BCUT2D eigenvalue weighted by atomic mass is 32.1. The minimum atomic E-state index is -5.09. The monoisotopic (exact) mass is 487 g/mol. The number of aliphatic hydroxyl groups is 1. The standard InChI is InChI=1S/C24H20F3N3O3S/c1-33-18-12-10-16(11-13-18)28-15-6-8-17(9-7-15)29-21(31)14-23(32,24(25,26)27)22-30-19-4-2-3-5-20(19)34-22/h2-13,28,32H,14H2,1H3,(H,29,31)/t23-/m1/s1. The van der Waals surface area contributed by atoms with Gasteiger partial charge in [-0.1, -0.05) is 12.1 Å². The van der Waals surface area contributed by atoms with Gasteiger partial charge in [0.2, 0.25) is 11.5 Å².